The lowest BCUT2D eigenvalue weighted by atomic mass is 9.91. The van der Waals surface area contributed by atoms with Crippen LogP contribution in [0, 0.1) is 6.92 Å². The van der Waals surface area contributed by atoms with Gasteiger partial charge in [-0.05, 0) is 25.1 Å². The average Bonchev–Trinajstić information content (AvgIpc) is 3.33. The minimum Gasteiger partial charge on any atom is -0.332 e. The van der Waals surface area contributed by atoms with Crippen LogP contribution in [0.2, 0.25) is 0 Å². The highest BCUT2D eigenvalue weighted by Gasteiger charge is 2.43. The van der Waals surface area contributed by atoms with Crippen LogP contribution in [-0.4, -0.2) is 58.8 Å². The van der Waals surface area contributed by atoms with Crippen LogP contribution in [0.1, 0.15) is 34.1 Å². The largest absolute Gasteiger partial charge is 0.332 e. The van der Waals surface area contributed by atoms with Gasteiger partial charge in [-0.2, -0.15) is 10.1 Å². The highest BCUT2D eigenvalue weighted by atomic mass is 19.3. The lowest BCUT2D eigenvalue weighted by molar-refractivity contribution is -0.0641. The smallest absolute Gasteiger partial charge is 0.266 e. The maximum Gasteiger partial charge on any atom is 0.266 e. The van der Waals surface area contributed by atoms with Gasteiger partial charge in [0.05, 0.1) is 17.8 Å². The third-order valence-corrected chi connectivity index (χ3v) is 5.16. The Kier molecular flexibility index (Phi) is 3.83. The van der Waals surface area contributed by atoms with Gasteiger partial charge in [0.1, 0.15) is 12.0 Å². The molecule has 0 aromatic carbocycles. The molecule has 5 heterocycles. The Balaban J connectivity index is 1.51. The molecule has 0 radical (unpaired) electrons. The van der Waals surface area contributed by atoms with E-state index in [2.05, 4.69) is 20.1 Å². The molecule has 0 aliphatic carbocycles. The molecule has 1 unspecified atom stereocenters. The van der Waals surface area contributed by atoms with Gasteiger partial charge in [-0.25, -0.2) is 23.3 Å². The van der Waals surface area contributed by atoms with Crippen molar-refractivity contribution in [3.05, 3.63) is 60.1 Å². The van der Waals surface area contributed by atoms with Crippen molar-refractivity contribution < 1.29 is 13.6 Å². The number of amides is 1. The zero-order chi connectivity index (χ0) is 20.2. The zero-order valence-corrected chi connectivity index (χ0v) is 15.5. The van der Waals surface area contributed by atoms with E-state index < -0.39 is 24.3 Å². The summed E-state index contributed by atoms with van der Waals surface area (Å²) in [5.41, 5.74) is 2.26. The Hall–Kier alpha value is -3.43. The van der Waals surface area contributed by atoms with E-state index in [1.165, 1.54) is 15.7 Å². The number of fused-ring (bicyclic) bond motifs is 2. The molecule has 1 saturated heterocycles. The van der Waals surface area contributed by atoms with Gasteiger partial charge in [-0.15, -0.1) is 0 Å². The first-order chi connectivity index (χ1) is 13.9. The summed E-state index contributed by atoms with van der Waals surface area (Å²) in [4.78, 5) is 26.7. The van der Waals surface area contributed by atoms with Crippen molar-refractivity contribution in [2.45, 2.75) is 25.2 Å². The number of imidazole rings is 1. The monoisotopic (exact) mass is 397 g/mol. The van der Waals surface area contributed by atoms with Crippen LogP contribution < -0.4 is 0 Å². The van der Waals surface area contributed by atoms with Gasteiger partial charge in [0.25, 0.3) is 17.6 Å². The number of hydrogen-bond acceptors (Lipinski definition) is 5. The molecule has 29 heavy (non-hydrogen) atoms. The Bertz CT molecular complexity index is 1230. The molecule has 1 atom stereocenters. The van der Waals surface area contributed by atoms with Crippen molar-refractivity contribution in [1.82, 2.24) is 33.9 Å². The first kappa shape index (κ1) is 17.7. The molecule has 8 nitrogen and oxygen atoms in total. The fourth-order valence-electron chi connectivity index (χ4n) is 3.93. The van der Waals surface area contributed by atoms with Gasteiger partial charge in [0.15, 0.2) is 0 Å². The number of piperidine rings is 1. The van der Waals surface area contributed by atoms with Crippen molar-refractivity contribution in [3.8, 4) is 0 Å². The molecular formula is C19H17F2N7O. The van der Waals surface area contributed by atoms with E-state index in [1.54, 1.807) is 48.1 Å². The summed E-state index contributed by atoms with van der Waals surface area (Å²) >= 11 is 0. The van der Waals surface area contributed by atoms with Crippen molar-refractivity contribution in [2.75, 3.05) is 13.1 Å². The van der Waals surface area contributed by atoms with E-state index in [0.29, 0.717) is 28.4 Å². The van der Waals surface area contributed by atoms with E-state index in [-0.39, 0.29) is 13.0 Å². The normalized spacial score (nSPS) is 19.1. The SMILES string of the molecule is Cc1cc(C2CN(C(=O)c3ccc4nccn4c3)CC(F)(F)C2)n2ncnc2n1. The van der Waals surface area contributed by atoms with Gasteiger partial charge in [-0.1, -0.05) is 0 Å². The fraction of sp³-hybridized carbons (Fsp3) is 0.316. The average molecular weight is 397 g/mol. The number of pyridine rings is 1. The second kappa shape index (κ2) is 6.29. The number of alkyl halides is 2. The standard InChI is InChI=1S/C19H17F2N7O/c1-12-6-15(28-18(25-12)23-11-24-28)14-7-19(20,21)10-27(9-14)17(29)13-2-3-16-22-4-5-26(16)8-13/h2-6,8,11,14H,7,9-10H2,1H3. The Morgan fingerprint density at radius 1 is 1.28 bits per heavy atom. The lowest BCUT2D eigenvalue weighted by Gasteiger charge is -2.37. The maximum absolute atomic E-state index is 14.6. The molecule has 1 amide bonds. The molecule has 4 aromatic rings. The molecule has 10 heteroatoms. The van der Waals surface area contributed by atoms with Crippen molar-refractivity contribution in [3.63, 3.8) is 0 Å². The number of aryl methyl sites for hydroxylation is 1. The van der Waals surface area contributed by atoms with E-state index in [1.807, 2.05) is 0 Å². The highest BCUT2D eigenvalue weighted by Crippen LogP contribution is 2.36. The molecule has 5 rings (SSSR count). The molecule has 1 aliphatic heterocycles. The molecule has 1 aliphatic rings. The molecule has 148 valence electrons. The second-order valence-corrected chi connectivity index (χ2v) is 7.35. The van der Waals surface area contributed by atoms with Crippen LogP contribution in [-0.2, 0) is 0 Å². The third kappa shape index (κ3) is 3.10. The van der Waals surface area contributed by atoms with E-state index in [9.17, 15) is 13.6 Å². The first-order valence-electron chi connectivity index (χ1n) is 9.17. The minimum absolute atomic E-state index is 0.162. The zero-order valence-electron chi connectivity index (χ0n) is 15.5. The summed E-state index contributed by atoms with van der Waals surface area (Å²) in [5.74, 6) is -3.68. The van der Waals surface area contributed by atoms with Gasteiger partial charge < -0.3 is 9.30 Å². The van der Waals surface area contributed by atoms with Gasteiger partial charge in [-0.3, -0.25) is 4.79 Å². The van der Waals surface area contributed by atoms with Crippen LogP contribution in [0.4, 0.5) is 8.78 Å². The summed E-state index contributed by atoms with van der Waals surface area (Å²) in [6.45, 7) is 1.33. The predicted octanol–water partition coefficient (Wildman–Crippen LogP) is 2.35. The Morgan fingerprint density at radius 3 is 3.00 bits per heavy atom. The summed E-state index contributed by atoms with van der Waals surface area (Å²) < 4.78 is 32.4. The third-order valence-electron chi connectivity index (χ3n) is 5.16. The van der Waals surface area contributed by atoms with Gasteiger partial charge >= 0.3 is 0 Å². The fourth-order valence-corrected chi connectivity index (χ4v) is 3.93. The maximum atomic E-state index is 14.6. The molecule has 1 fully saturated rings. The molecule has 4 aromatic heterocycles. The van der Waals surface area contributed by atoms with E-state index >= 15 is 0 Å². The minimum atomic E-state index is -3.01. The quantitative estimate of drug-likeness (QED) is 0.519. The summed E-state index contributed by atoms with van der Waals surface area (Å²) in [7, 11) is 0. The van der Waals surface area contributed by atoms with Crippen molar-refractivity contribution in [1.29, 1.82) is 0 Å². The van der Waals surface area contributed by atoms with Crippen molar-refractivity contribution >= 4 is 17.3 Å². The van der Waals surface area contributed by atoms with Crippen LogP contribution >= 0.6 is 0 Å². The number of carbonyl (C=O) groups is 1. The highest BCUT2D eigenvalue weighted by molar-refractivity contribution is 5.94. The number of aromatic nitrogens is 6. The van der Waals surface area contributed by atoms with E-state index in [4.69, 9.17) is 0 Å². The second-order valence-electron chi connectivity index (χ2n) is 7.35. The molecule has 0 N–H and O–H groups in total. The molecule has 0 spiro atoms. The van der Waals surface area contributed by atoms with Crippen molar-refractivity contribution in [2.24, 2.45) is 0 Å². The molecule has 0 bridgehead atoms. The van der Waals surface area contributed by atoms with E-state index in [0.717, 1.165) is 0 Å². The number of rotatable bonds is 2. The number of halogens is 2. The molecular weight excluding hydrogens is 380 g/mol. The number of likely N-dealkylation sites (tertiary alicyclic amines) is 1. The predicted molar refractivity (Wildman–Crippen MR) is 98.9 cm³/mol. The molecule has 0 saturated carbocycles. The van der Waals surface area contributed by atoms with Crippen LogP contribution in [0.3, 0.4) is 0 Å². The summed E-state index contributed by atoms with van der Waals surface area (Å²) in [6.07, 6.45) is 5.91. The van der Waals surface area contributed by atoms with Crippen LogP contribution in [0.25, 0.3) is 11.4 Å². The Morgan fingerprint density at radius 2 is 2.14 bits per heavy atom. The topological polar surface area (TPSA) is 80.7 Å². The number of carbonyl (C=O) groups excluding carboxylic acids is 1. The van der Waals surface area contributed by atoms with Gasteiger partial charge in [0.2, 0.25) is 0 Å². The van der Waals surface area contributed by atoms with Crippen LogP contribution in [0.5, 0.6) is 0 Å². The lowest BCUT2D eigenvalue weighted by Crippen LogP contribution is -2.49. The first-order valence-corrected chi connectivity index (χ1v) is 9.17. The number of hydrogen-bond donors (Lipinski definition) is 0. The number of nitrogens with zero attached hydrogens (tertiary/aromatic N) is 7. The summed E-state index contributed by atoms with van der Waals surface area (Å²) in [5, 5.41) is 4.12. The van der Waals surface area contributed by atoms with Crippen LogP contribution in [0.15, 0.2) is 43.1 Å². The van der Waals surface area contributed by atoms with Gasteiger partial charge in [0, 0.05) is 43.2 Å². The Labute approximate surface area is 163 Å². The summed E-state index contributed by atoms with van der Waals surface area (Å²) in [6, 6.07) is 5.03.